The van der Waals surface area contributed by atoms with E-state index < -0.39 is 0 Å². The molecule has 1 heterocycles. The second kappa shape index (κ2) is 2.78. The highest BCUT2D eigenvalue weighted by Gasteiger charge is 2.29. The Bertz CT molecular complexity index is 529. The summed E-state index contributed by atoms with van der Waals surface area (Å²) in [7, 11) is 0. The lowest BCUT2D eigenvalue weighted by molar-refractivity contribution is 0.393. The Morgan fingerprint density at radius 3 is 3.00 bits per heavy atom. The molecule has 0 bridgehead atoms. The van der Waals surface area contributed by atoms with Crippen LogP contribution in [-0.4, -0.2) is 10.1 Å². The van der Waals surface area contributed by atoms with Crippen LogP contribution in [0.25, 0.3) is 0 Å². The number of aromatic nitrogens is 2. The van der Waals surface area contributed by atoms with E-state index in [0.29, 0.717) is 5.92 Å². The molecule has 0 fully saturated rings. The molecule has 0 saturated heterocycles. The van der Waals surface area contributed by atoms with E-state index in [2.05, 4.69) is 28.3 Å². The molecule has 0 amide bonds. The standard InChI is InChI=1S/C10H8N2OS/c14-10-11-9(12-13-10)8-5-6-3-1-2-4-7(6)8/h1-4,8H,5H2,(H,11,12,14). The normalized spacial score (nSPS) is 18.7. The van der Waals surface area contributed by atoms with Crippen LogP contribution in [0.1, 0.15) is 22.9 Å². The van der Waals surface area contributed by atoms with Crippen molar-refractivity contribution in [2.24, 2.45) is 0 Å². The van der Waals surface area contributed by atoms with Crippen LogP contribution >= 0.6 is 12.2 Å². The van der Waals surface area contributed by atoms with Gasteiger partial charge in [-0.1, -0.05) is 24.3 Å². The van der Waals surface area contributed by atoms with Gasteiger partial charge in [0.2, 0.25) is 0 Å². The van der Waals surface area contributed by atoms with Gasteiger partial charge in [-0.2, -0.15) is 4.98 Å². The lowest BCUT2D eigenvalue weighted by atomic mass is 9.77. The Kier molecular flexibility index (Phi) is 1.58. The van der Waals surface area contributed by atoms with Gasteiger partial charge in [0.05, 0.1) is 0 Å². The molecule has 1 aliphatic rings. The first-order valence-corrected chi connectivity index (χ1v) is 4.88. The topological polar surface area (TPSA) is 41.8 Å². The summed E-state index contributed by atoms with van der Waals surface area (Å²) >= 11 is 4.81. The first kappa shape index (κ1) is 7.94. The minimum atomic E-state index is 0.282. The van der Waals surface area contributed by atoms with Crippen LogP contribution in [0.4, 0.5) is 0 Å². The Morgan fingerprint density at radius 2 is 2.29 bits per heavy atom. The summed E-state index contributed by atoms with van der Waals surface area (Å²) in [6, 6.07) is 8.36. The third kappa shape index (κ3) is 1.04. The minimum absolute atomic E-state index is 0.282. The Morgan fingerprint density at radius 1 is 1.43 bits per heavy atom. The zero-order chi connectivity index (χ0) is 9.54. The Hall–Kier alpha value is -1.42. The molecule has 3 nitrogen and oxygen atoms in total. The summed E-state index contributed by atoms with van der Waals surface area (Å²) in [4.78, 5) is 4.41. The van der Waals surface area contributed by atoms with Crippen molar-refractivity contribution in [2.45, 2.75) is 12.3 Å². The number of rotatable bonds is 1. The van der Waals surface area contributed by atoms with E-state index in [-0.39, 0.29) is 4.84 Å². The molecule has 1 unspecified atom stereocenters. The van der Waals surface area contributed by atoms with Crippen LogP contribution in [0.3, 0.4) is 0 Å². The van der Waals surface area contributed by atoms with Crippen molar-refractivity contribution in [2.75, 3.05) is 0 Å². The van der Waals surface area contributed by atoms with Crippen LogP contribution in [0.5, 0.6) is 0 Å². The summed E-state index contributed by atoms with van der Waals surface area (Å²) in [6.07, 6.45) is 1.02. The molecule has 3 rings (SSSR count). The van der Waals surface area contributed by atoms with Crippen molar-refractivity contribution in [1.29, 1.82) is 0 Å². The minimum Gasteiger partial charge on any atom is -0.348 e. The quantitative estimate of drug-likeness (QED) is 0.725. The third-order valence-corrected chi connectivity index (χ3v) is 2.81. The van der Waals surface area contributed by atoms with Gasteiger partial charge in [0.1, 0.15) is 5.82 Å². The maximum absolute atomic E-state index is 4.92. The zero-order valence-corrected chi connectivity index (χ0v) is 8.17. The van der Waals surface area contributed by atoms with Gasteiger partial charge in [-0.05, 0) is 29.8 Å². The highest BCUT2D eigenvalue weighted by molar-refractivity contribution is 7.71. The van der Waals surface area contributed by atoms with E-state index in [1.54, 1.807) is 0 Å². The number of nitrogens with one attached hydrogen (secondary N) is 1. The fraction of sp³-hybridized carbons (Fsp3) is 0.200. The number of hydrogen-bond acceptors (Lipinski definition) is 3. The molecule has 1 aliphatic carbocycles. The van der Waals surface area contributed by atoms with E-state index in [9.17, 15) is 0 Å². The van der Waals surface area contributed by atoms with Gasteiger partial charge in [-0.15, -0.1) is 0 Å². The predicted molar refractivity (Wildman–Crippen MR) is 53.7 cm³/mol. The maximum atomic E-state index is 4.92. The molecule has 0 spiro atoms. The summed E-state index contributed by atoms with van der Waals surface area (Å²) in [5.41, 5.74) is 2.71. The van der Waals surface area contributed by atoms with Crippen LogP contribution in [0.15, 0.2) is 28.8 Å². The van der Waals surface area contributed by atoms with E-state index in [1.165, 1.54) is 11.1 Å². The average molecular weight is 204 g/mol. The van der Waals surface area contributed by atoms with Crippen LogP contribution in [-0.2, 0) is 6.42 Å². The van der Waals surface area contributed by atoms with E-state index in [1.807, 2.05) is 6.07 Å². The van der Waals surface area contributed by atoms with Gasteiger partial charge >= 0.3 is 4.84 Å². The molecule has 2 aromatic rings. The Balaban J connectivity index is 2.03. The van der Waals surface area contributed by atoms with E-state index in [0.717, 1.165) is 12.2 Å². The number of benzene rings is 1. The average Bonchev–Trinajstić information content (AvgIpc) is 2.54. The molecule has 4 heteroatoms. The molecule has 1 N–H and O–H groups in total. The lowest BCUT2D eigenvalue weighted by Gasteiger charge is -2.27. The SMILES string of the molecule is S=c1nc(C2Cc3ccccc32)[nH]o1. The van der Waals surface area contributed by atoms with Crippen molar-refractivity contribution in [3.05, 3.63) is 46.1 Å². The number of fused-ring (bicyclic) bond motifs is 1. The molecule has 0 aliphatic heterocycles. The fourth-order valence-electron chi connectivity index (χ4n) is 1.89. The first-order chi connectivity index (χ1) is 6.84. The summed E-state index contributed by atoms with van der Waals surface area (Å²) in [5.74, 6) is 1.18. The number of nitrogens with zero attached hydrogens (tertiary/aromatic N) is 1. The summed E-state index contributed by atoms with van der Waals surface area (Å²) in [5, 5.41) is 2.76. The molecule has 70 valence electrons. The molecule has 1 aromatic carbocycles. The fourth-order valence-corrected chi connectivity index (χ4v) is 2.03. The molecular formula is C10H8N2OS. The number of aromatic amines is 1. The summed E-state index contributed by atoms with van der Waals surface area (Å²) in [6.45, 7) is 0. The monoisotopic (exact) mass is 204 g/mol. The maximum Gasteiger partial charge on any atom is 0.314 e. The molecule has 0 radical (unpaired) electrons. The zero-order valence-electron chi connectivity index (χ0n) is 7.36. The summed E-state index contributed by atoms with van der Waals surface area (Å²) < 4.78 is 4.92. The van der Waals surface area contributed by atoms with Gasteiger partial charge in [-0.3, -0.25) is 0 Å². The third-order valence-electron chi connectivity index (χ3n) is 2.64. The lowest BCUT2D eigenvalue weighted by Crippen LogP contribution is -2.18. The van der Waals surface area contributed by atoms with Gasteiger partial charge < -0.3 is 4.52 Å². The molecule has 14 heavy (non-hydrogen) atoms. The van der Waals surface area contributed by atoms with Crippen molar-refractivity contribution in [3.8, 4) is 0 Å². The Labute approximate surface area is 85.8 Å². The molecule has 1 atom stereocenters. The van der Waals surface area contributed by atoms with Crippen LogP contribution in [0, 0.1) is 4.84 Å². The van der Waals surface area contributed by atoms with Gasteiger partial charge in [0.25, 0.3) is 0 Å². The highest BCUT2D eigenvalue weighted by Crippen LogP contribution is 2.38. The highest BCUT2D eigenvalue weighted by atomic mass is 32.1. The molecule has 0 saturated carbocycles. The second-order valence-electron chi connectivity index (χ2n) is 3.42. The first-order valence-electron chi connectivity index (χ1n) is 4.48. The van der Waals surface area contributed by atoms with Gasteiger partial charge in [0.15, 0.2) is 0 Å². The van der Waals surface area contributed by atoms with Crippen molar-refractivity contribution in [1.82, 2.24) is 10.1 Å². The van der Waals surface area contributed by atoms with Crippen LogP contribution in [0.2, 0.25) is 0 Å². The smallest absolute Gasteiger partial charge is 0.314 e. The van der Waals surface area contributed by atoms with E-state index >= 15 is 0 Å². The largest absolute Gasteiger partial charge is 0.348 e. The van der Waals surface area contributed by atoms with Gasteiger partial charge in [0, 0.05) is 5.92 Å². The molecular weight excluding hydrogens is 196 g/mol. The van der Waals surface area contributed by atoms with E-state index in [4.69, 9.17) is 16.7 Å². The van der Waals surface area contributed by atoms with Gasteiger partial charge in [-0.25, -0.2) is 5.16 Å². The van der Waals surface area contributed by atoms with Crippen LogP contribution < -0.4 is 0 Å². The number of hydrogen-bond donors (Lipinski definition) is 1. The van der Waals surface area contributed by atoms with Crippen molar-refractivity contribution in [3.63, 3.8) is 0 Å². The molecule has 1 aromatic heterocycles. The van der Waals surface area contributed by atoms with Crippen molar-refractivity contribution < 1.29 is 4.52 Å². The number of H-pyrrole nitrogens is 1. The second-order valence-corrected chi connectivity index (χ2v) is 3.77. The predicted octanol–water partition coefficient (Wildman–Crippen LogP) is 2.42. The van der Waals surface area contributed by atoms with Crippen molar-refractivity contribution >= 4 is 12.2 Å².